The van der Waals surface area contributed by atoms with Gasteiger partial charge in [0.05, 0.1) is 13.3 Å². The maximum absolute atomic E-state index is 12.2. The van der Waals surface area contributed by atoms with E-state index in [1.807, 2.05) is 12.1 Å². The first kappa shape index (κ1) is 21.5. The first-order valence-corrected chi connectivity index (χ1v) is 11.4. The molecule has 0 spiro atoms. The van der Waals surface area contributed by atoms with Crippen LogP contribution in [-0.4, -0.2) is 39.5 Å². The van der Waals surface area contributed by atoms with E-state index in [1.54, 1.807) is 9.80 Å². The van der Waals surface area contributed by atoms with E-state index in [1.165, 1.54) is 29.8 Å². The number of nitrogens with one attached hydrogen (secondary N) is 2. The number of hydrogen-bond acceptors (Lipinski definition) is 1. The number of ether oxygens (including phenoxy) is 1. The topological polar surface area (TPSA) is 18.1 Å². The lowest BCUT2D eigenvalue weighted by molar-refractivity contribution is -1.03. The molecule has 0 atom stereocenters. The lowest BCUT2D eigenvalue weighted by Crippen LogP contribution is -3.27. The summed E-state index contributed by atoms with van der Waals surface area (Å²) in [6, 6.07) is 30.6. The fourth-order valence-electron chi connectivity index (χ4n) is 4.58. The van der Waals surface area contributed by atoms with Crippen molar-refractivity contribution in [2.24, 2.45) is 0 Å². The van der Waals surface area contributed by atoms with E-state index in [0.29, 0.717) is 19.1 Å². The summed E-state index contributed by atoms with van der Waals surface area (Å²) < 4.78 is 17.8. The van der Waals surface area contributed by atoms with Crippen LogP contribution < -0.4 is 14.5 Å². The molecule has 0 saturated carbocycles. The number of halogens is 1. The molecule has 1 heterocycles. The van der Waals surface area contributed by atoms with Crippen LogP contribution in [0.25, 0.3) is 0 Å². The molecule has 3 aromatic carbocycles. The molecule has 0 unspecified atom stereocenters. The van der Waals surface area contributed by atoms with Gasteiger partial charge in [0.25, 0.3) is 0 Å². The Hall–Kier alpha value is -2.69. The molecule has 0 radical (unpaired) electrons. The number of benzene rings is 3. The third-order valence-electron chi connectivity index (χ3n) is 6.20. The number of quaternary nitrogens is 2. The van der Waals surface area contributed by atoms with Gasteiger partial charge in [-0.25, -0.2) is 0 Å². The van der Waals surface area contributed by atoms with Gasteiger partial charge in [-0.1, -0.05) is 60.7 Å². The standard InChI is InChI=1S/C27H31FN2O/c28-16-7-21-31-26-14-12-23(13-15-26)22-29-17-19-30(20-18-29)27(24-8-3-1-4-9-24)25-10-5-2-6-11-25/h1-6,8-15,27H,7,16-22H2/p+2. The van der Waals surface area contributed by atoms with Crippen molar-refractivity contribution in [1.29, 1.82) is 0 Å². The van der Waals surface area contributed by atoms with Crippen LogP contribution in [0.2, 0.25) is 0 Å². The van der Waals surface area contributed by atoms with Crippen molar-refractivity contribution in [3.8, 4) is 5.75 Å². The lowest BCUT2D eigenvalue weighted by Gasteiger charge is -2.35. The Morgan fingerprint density at radius 1 is 0.742 bits per heavy atom. The molecule has 4 rings (SSSR count). The molecule has 3 aromatic rings. The van der Waals surface area contributed by atoms with Gasteiger partial charge in [0, 0.05) is 23.1 Å². The van der Waals surface area contributed by atoms with Gasteiger partial charge in [-0.3, -0.25) is 4.39 Å². The van der Waals surface area contributed by atoms with E-state index in [4.69, 9.17) is 4.74 Å². The molecule has 31 heavy (non-hydrogen) atoms. The van der Waals surface area contributed by atoms with Crippen molar-refractivity contribution >= 4 is 0 Å². The van der Waals surface area contributed by atoms with Gasteiger partial charge in [0.15, 0.2) is 0 Å². The first-order chi connectivity index (χ1) is 15.3. The Morgan fingerprint density at radius 2 is 1.32 bits per heavy atom. The van der Waals surface area contributed by atoms with Crippen LogP contribution in [0.1, 0.15) is 29.2 Å². The zero-order chi connectivity index (χ0) is 21.3. The minimum absolute atomic E-state index is 0.329. The predicted molar refractivity (Wildman–Crippen MR) is 122 cm³/mol. The van der Waals surface area contributed by atoms with Crippen LogP contribution in [0.3, 0.4) is 0 Å². The molecular formula is C27H33FN2O+2. The maximum atomic E-state index is 12.2. The van der Waals surface area contributed by atoms with Crippen LogP contribution in [0.4, 0.5) is 4.39 Å². The van der Waals surface area contributed by atoms with E-state index >= 15 is 0 Å². The Morgan fingerprint density at radius 3 is 1.87 bits per heavy atom. The molecule has 3 nitrogen and oxygen atoms in total. The van der Waals surface area contributed by atoms with Crippen LogP contribution >= 0.6 is 0 Å². The minimum Gasteiger partial charge on any atom is -0.494 e. The van der Waals surface area contributed by atoms with Crippen LogP contribution in [-0.2, 0) is 6.54 Å². The van der Waals surface area contributed by atoms with E-state index in [0.717, 1.165) is 25.4 Å². The summed E-state index contributed by atoms with van der Waals surface area (Å²) in [5.41, 5.74) is 4.13. The normalized spacial score (nSPS) is 18.8. The Labute approximate surface area is 185 Å². The van der Waals surface area contributed by atoms with Crippen LogP contribution in [0, 0.1) is 0 Å². The molecule has 0 aliphatic carbocycles. The summed E-state index contributed by atoms with van der Waals surface area (Å²) in [6.07, 6.45) is 0.450. The zero-order valence-corrected chi connectivity index (χ0v) is 18.1. The number of hydrogen-bond donors (Lipinski definition) is 2. The summed E-state index contributed by atoms with van der Waals surface area (Å²) in [5, 5.41) is 0. The van der Waals surface area contributed by atoms with Crippen molar-refractivity contribution in [2.75, 3.05) is 39.5 Å². The monoisotopic (exact) mass is 420 g/mol. The molecule has 1 saturated heterocycles. The average Bonchev–Trinajstić information content (AvgIpc) is 2.83. The van der Waals surface area contributed by atoms with Gasteiger partial charge in [0.1, 0.15) is 44.5 Å². The Bertz CT molecular complexity index is 854. The highest BCUT2D eigenvalue weighted by Crippen LogP contribution is 2.19. The van der Waals surface area contributed by atoms with Gasteiger partial charge in [-0.05, 0) is 24.3 Å². The quantitative estimate of drug-likeness (QED) is 0.509. The molecule has 0 amide bonds. The molecule has 1 aliphatic heterocycles. The average molecular weight is 421 g/mol. The van der Waals surface area contributed by atoms with Gasteiger partial charge in [-0.2, -0.15) is 0 Å². The van der Waals surface area contributed by atoms with Gasteiger partial charge in [0.2, 0.25) is 0 Å². The highest BCUT2D eigenvalue weighted by atomic mass is 19.1. The molecular weight excluding hydrogens is 387 g/mol. The summed E-state index contributed by atoms with van der Waals surface area (Å²) >= 11 is 0. The summed E-state index contributed by atoms with van der Waals surface area (Å²) in [7, 11) is 0. The number of alkyl halides is 1. The van der Waals surface area contributed by atoms with E-state index < -0.39 is 0 Å². The van der Waals surface area contributed by atoms with Crippen LogP contribution in [0.15, 0.2) is 84.9 Å². The van der Waals surface area contributed by atoms with Crippen LogP contribution in [0.5, 0.6) is 5.75 Å². The summed E-state index contributed by atoms with van der Waals surface area (Å²) in [5.74, 6) is 0.829. The van der Waals surface area contributed by atoms with Gasteiger partial charge < -0.3 is 14.5 Å². The Kier molecular flexibility index (Phi) is 7.70. The minimum atomic E-state index is -0.329. The van der Waals surface area contributed by atoms with Gasteiger partial charge in [-0.15, -0.1) is 0 Å². The highest BCUT2D eigenvalue weighted by Gasteiger charge is 2.31. The molecule has 1 fully saturated rings. The first-order valence-electron chi connectivity index (χ1n) is 11.4. The smallest absolute Gasteiger partial charge is 0.139 e. The maximum Gasteiger partial charge on any atom is 0.139 e. The van der Waals surface area contributed by atoms with E-state index in [-0.39, 0.29) is 6.67 Å². The second-order valence-electron chi connectivity index (χ2n) is 8.37. The highest BCUT2D eigenvalue weighted by molar-refractivity contribution is 5.29. The third-order valence-corrected chi connectivity index (χ3v) is 6.20. The van der Waals surface area contributed by atoms with Crippen molar-refractivity contribution < 1.29 is 18.9 Å². The number of rotatable bonds is 9. The van der Waals surface area contributed by atoms with Crippen molar-refractivity contribution in [2.45, 2.75) is 19.0 Å². The summed E-state index contributed by atoms with van der Waals surface area (Å²) in [6.45, 7) is 5.81. The van der Waals surface area contributed by atoms with E-state index in [9.17, 15) is 4.39 Å². The molecule has 0 aromatic heterocycles. The van der Waals surface area contributed by atoms with Gasteiger partial charge >= 0.3 is 0 Å². The second kappa shape index (κ2) is 11.1. The molecule has 2 N–H and O–H groups in total. The predicted octanol–water partition coefficient (Wildman–Crippen LogP) is 2.50. The molecule has 1 aliphatic rings. The van der Waals surface area contributed by atoms with Crippen molar-refractivity contribution in [1.82, 2.24) is 0 Å². The largest absolute Gasteiger partial charge is 0.494 e. The fourth-order valence-corrected chi connectivity index (χ4v) is 4.58. The number of piperazine rings is 1. The van der Waals surface area contributed by atoms with Crippen molar-refractivity contribution in [3.63, 3.8) is 0 Å². The Balaban J connectivity index is 1.36. The SMILES string of the molecule is FCCCOc1ccc(C[NH+]2CC[NH+](C(c3ccccc3)c3ccccc3)CC2)cc1. The van der Waals surface area contributed by atoms with E-state index in [2.05, 4.69) is 72.8 Å². The van der Waals surface area contributed by atoms with Crippen molar-refractivity contribution in [3.05, 3.63) is 102 Å². The molecule has 0 bridgehead atoms. The summed E-state index contributed by atoms with van der Waals surface area (Å²) in [4.78, 5) is 3.28. The second-order valence-corrected chi connectivity index (χ2v) is 8.37. The molecule has 4 heteroatoms. The zero-order valence-electron chi connectivity index (χ0n) is 18.1. The lowest BCUT2D eigenvalue weighted by atomic mass is 9.96. The third kappa shape index (κ3) is 5.93. The fraction of sp³-hybridized carbons (Fsp3) is 0.333. The molecule has 162 valence electrons.